The molecule has 1 aromatic rings. The van der Waals surface area contributed by atoms with E-state index in [0.29, 0.717) is 0 Å². The van der Waals surface area contributed by atoms with Crippen LogP contribution in [0, 0.1) is 75.4 Å². The number of nitrogens with one attached hydrogen (secondary N) is 1. The number of sulfonamides is 1. The maximum absolute atomic E-state index is 13.2. The molecule has 0 aromatic heterocycles. The van der Waals surface area contributed by atoms with E-state index in [1.54, 1.807) is 12.1 Å². The predicted octanol–water partition coefficient (Wildman–Crippen LogP) is 5.52. The molecule has 190 valence electrons. The fourth-order valence-electron chi connectivity index (χ4n) is 4.33. The van der Waals surface area contributed by atoms with Crippen LogP contribution in [0.3, 0.4) is 0 Å². The van der Waals surface area contributed by atoms with Gasteiger partial charge in [0.15, 0.2) is 0 Å². The van der Waals surface area contributed by atoms with Gasteiger partial charge in [-0.25, -0.2) is 13.1 Å². The van der Waals surface area contributed by atoms with Crippen molar-refractivity contribution in [2.24, 2.45) is 5.92 Å². The maximum Gasteiger partial charge on any atom is 2.00 e. The summed E-state index contributed by atoms with van der Waals surface area (Å²) < 4.78 is 42.1. The molecule has 4 nitrogen and oxygen atoms in total. The van der Waals surface area contributed by atoms with Gasteiger partial charge in [-0.05, 0) is 110 Å². The van der Waals surface area contributed by atoms with Gasteiger partial charge in [-0.1, -0.05) is 37.0 Å². The zero-order chi connectivity index (χ0) is 24.8. The Morgan fingerprint density at radius 3 is 1.94 bits per heavy atom. The van der Waals surface area contributed by atoms with Crippen LogP contribution in [0.5, 0.6) is 0 Å². The van der Waals surface area contributed by atoms with Crippen molar-refractivity contribution in [2.45, 2.75) is 75.5 Å². The van der Waals surface area contributed by atoms with Crippen molar-refractivity contribution in [3.8, 4) is 0 Å². The Labute approximate surface area is 228 Å². The molecular weight excluding hydrogens is 518 g/mol. The summed E-state index contributed by atoms with van der Waals surface area (Å²) in [7, 11) is -4.90. The average Bonchev–Trinajstić information content (AvgIpc) is 3.52. The topological polar surface area (TPSA) is 63.2 Å². The summed E-state index contributed by atoms with van der Waals surface area (Å²) in [6.07, 6.45) is 21.1. The van der Waals surface area contributed by atoms with Crippen LogP contribution in [0.25, 0.3) is 0 Å². The number of rotatable bonds is 6. The Kier molecular flexibility index (Phi) is 12.5. The molecule has 0 bridgehead atoms. The number of benzene rings is 1. The quantitative estimate of drug-likeness (QED) is 0.470. The second-order valence-electron chi connectivity index (χ2n) is 10.00. The first-order valence-corrected chi connectivity index (χ1v) is 14.7. The maximum atomic E-state index is 13.2. The first kappa shape index (κ1) is 31.0. The van der Waals surface area contributed by atoms with Crippen LogP contribution in [0.4, 0.5) is 0 Å². The van der Waals surface area contributed by atoms with E-state index < -0.39 is 25.6 Å². The molecule has 35 heavy (non-hydrogen) atoms. The van der Waals surface area contributed by atoms with E-state index >= 15 is 0 Å². The summed E-state index contributed by atoms with van der Waals surface area (Å²) in [6.45, 7) is 7.79. The van der Waals surface area contributed by atoms with Crippen molar-refractivity contribution in [3.05, 3.63) is 92.4 Å². The molecule has 3 fully saturated rings. The summed E-state index contributed by atoms with van der Waals surface area (Å²) in [4.78, 5) is 0.272. The summed E-state index contributed by atoms with van der Waals surface area (Å²) >= 11 is 0. The summed E-state index contributed by atoms with van der Waals surface area (Å²) in [5.41, 5.74) is 1.02. The molecule has 3 saturated carbocycles. The van der Waals surface area contributed by atoms with Crippen molar-refractivity contribution in [3.63, 3.8) is 0 Å². The first-order valence-electron chi connectivity index (χ1n) is 12.0. The van der Waals surface area contributed by atoms with Crippen molar-refractivity contribution in [2.75, 3.05) is 0 Å². The van der Waals surface area contributed by atoms with Gasteiger partial charge in [0.25, 0.3) is 0 Å². The second kappa shape index (κ2) is 14.1. The molecule has 10 radical (unpaired) electrons. The van der Waals surface area contributed by atoms with Crippen molar-refractivity contribution < 1.29 is 29.7 Å². The van der Waals surface area contributed by atoms with Gasteiger partial charge in [0, 0.05) is 27.5 Å². The molecular formula is C28H37FeNO3S2+2. The van der Waals surface area contributed by atoms with Crippen LogP contribution in [-0.2, 0) is 37.9 Å². The van der Waals surface area contributed by atoms with Crippen molar-refractivity contribution in [1.29, 1.82) is 0 Å². The van der Waals surface area contributed by atoms with E-state index in [1.165, 1.54) is 6.42 Å². The Morgan fingerprint density at radius 2 is 1.43 bits per heavy atom. The third kappa shape index (κ3) is 8.95. The summed E-state index contributed by atoms with van der Waals surface area (Å²) in [5, 5.41) is 0.750. The van der Waals surface area contributed by atoms with Gasteiger partial charge >= 0.3 is 17.1 Å². The Balaban J connectivity index is 0.000000640. The van der Waals surface area contributed by atoms with Crippen LogP contribution in [0.15, 0.2) is 29.2 Å². The molecule has 0 spiro atoms. The molecule has 0 saturated heterocycles. The van der Waals surface area contributed by atoms with Gasteiger partial charge < -0.3 is 0 Å². The molecule has 0 amide bonds. The molecule has 7 heteroatoms. The van der Waals surface area contributed by atoms with Crippen LogP contribution >= 0.6 is 0 Å². The number of aryl methyl sites for hydroxylation is 1. The third-order valence-corrected chi connectivity index (χ3v) is 9.53. The first-order chi connectivity index (χ1) is 16.1. The van der Waals surface area contributed by atoms with Gasteiger partial charge in [-0.15, -0.1) is 0 Å². The Hall–Kier alpha value is -0.201. The molecule has 1 aromatic carbocycles. The van der Waals surface area contributed by atoms with E-state index in [2.05, 4.69) is 4.72 Å². The van der Waals surface area contributed by atoms with Gasteiger partial charge in [-0.3, -0.25) is 4.21 Å². The summed E-state index contributed by atoms with van der Waals surface area (Å²) in [6, 6.07) is 6.56. The van der Waals surface area contributed by atoms with Gasteiger partial charge in [-0.2, -0.15) is 0 Å². The van der Waals surface area contributed by atoms with Gasteiger partial charge in [0.2, 0.25) is 10.0 Å². The normalized spacial score (nSPS) is 22.2. The standard InChI is InChI=1S/C23H32NO3S2.C5H5.Fe/c1-17-13-15-19(16-14-17)29(26,27)24-22(18-9-6-5-7-10-18)20-11-8-12-21(20)28(25)23(2,3)4;1-2-4-5-3-1;/h8,11-16,18,22,24H,5-7,9-10H2,1-4H3;1-5H;/q;;+2/t22-,28+;;/m0../s1. The predicted molar refractivity (Wildman–Crippen MR) is 141 cm³/mol. The number of hydrogen-bond acceptors (Lipinski definition) is 3. The fraction of sp³-hybridized carbons (Fsp3) is 0.429. The fourth-order valence-corrected chi connectivity index (χ4v) is 6.88. The van der Waals surface area contributed by atoms with E-state index in [1.807, 2.05) is 91.2 Å². The van der Waals surface area contributed by atoms with Crippen molar-refractivity contribution in [1.82, 2.24) is 4.72 Å². The molecule has 3 aliphatic carbocycles. The zero-order valence-corrected chi connectivity index (χ0v) is 23.8. The minimum Gasteiger partial charge on any atom is -0.258 e. The van der Waals surface area contributed by atoms with Crippen LogP contribution in [0.2, 0.25) is 0 Å². The Morgan fingerprint density at radius 1 is 0.886 bits per heavy atom. The van der Waals surface area contributed by atoms with E-state index in [0.717, 1.165) is 42.4 Å². The van der Waals surface area contributed by atoms with Gasteiger partial charge in [0.05, 0.1) is 10.1 Å². The molecule has 3 aliphatic rings. The molecule has 0 unspecified atom stereocenters. The second-order valence-corrected chi connectivity index (χ2v) is 13.9. The molecule has 0 aliphatic heterocycles. The van der Waals surface area contributed by atoms with E-state index in [4.69, 9.17) is 0 Å². The summed E-state index contributed by atoms with van der Waals surface area (Å²) in [5.74, 6) is 1.07. The van der Waals surface area contributed by atoms with E-state index in [9.17, 15) is 12.6 Å². The Bertz CT molecular complexity index is 878. The molecule has 2 atom stereocenters. The monoisotopic (exact) mass is 555 g/mol. The molecule has 1 N–H and O–H groups in total. The zero-order valence-electron chi connectivity index (χ0n) is 21.0. The molecule has 0 heterocycles. The molecule has 4 rings (SSSR count). The van der Waals surface area contributed by atoms with E-state index in [-0.39, 0.29) is 33.9 Å². The van der Waals surface area contributed by atoms with Crippen molar-refractivity contribution >= 4 is 20.8 Å². The minimum absolute atomic E-state index is 0. The average molecular weight is 556 g/mol. The van der Waals surface area contributed by atoms with Crippen LogP contribution < -0.4 is 4.72 Å². The van der Waals surface area contributed by atoms with Crippen LogP contribution in [0.1, 0.15) is 58.4 Å². The third-order valence-electron chi connectivity index (χ3n) is 6.19. The smallest absolute Gasteiger partial charge is 0.258 e. The van der Waals surface area contributed by atoms with Crippen LogP contribution in [-0.4, -0.2) is 23.4 Å². The van der Waals surface area contributed by atoms with Gasteiger partial charge in [0.1, 0.15) is 0 Å². The minimum atomic E-state index is -3.68. The SMILES string of the molecule is Cc1ccc(S(=O)(=O)N[C@H]([C]2[CH][CH][CH][C]2[S@@](=O)C(C)(C)C)C2CCCCC2)cc1.[CH]1[CH][CH][CH][CH]1.[Fe+2]. The largest absolute Gasteiger partial charge is 2.00 e. The number of hydrogen-bond donors (Lipinski definition) is 1.